The van der Waals surface area contributed by atoms with Gasteiger partial charge in [-0.05, 0) is 20.8 Å². The van der Waals surface area contributed by atoms with E-state index in [4.69, 9.17) is 10.5 Å². The van der Waals surface area contributed by atoms with Crippen LogP contribution in [0.4, 0.5) is 5.82 Å². The molecule has 2 heterocycles. The number of nitrogen functional groups attached to an aromatic ring is 1. The van der Waals surface area contributed by atoms with Crippen molar-refractivity contribution in [2.24, 2.45) is 0 Å². The number of methoxy groups -OCH3 is 1. The molecule has 2 rings (SSSR count). The minimum atomic E-state index is -0.133. The van der Waals surface area contributed by atoms with Gasteiger partial charge >= 0.3 is 0 Å². The third-order valence-electron chi connectivity index (χ3n) is 2.40. The molecule has 0 radical (unpaired) electrons. The monoisotopic (exact) mass is 223 g/mol. The number of hydrogen-bond donors (Lipinski definition) is 2. The zero-order valence-corrected chi connectivity index (χ0v) is 10.0. The van der Waals surface area contributed by atoms with E-state index in [1.807, 2.05) is 4.68 Å². The zero-order valence-electron chi connectivity index (χ0n) is 10.0. The number of hydrogen-bond acceptors (Lipinski definition) is 4. The normalized spacial score (nSPS) is 12.5. The largest absolute Gasteiger partial charge is 0.383 e. The van der Waals surface area contributed by atoms with Gasteiger partial charge in [0, 0.05) is 7.11 Å². The van der Waals surface area contributed by atoms with Crippen LogP contribution in [0, 0.1) is 0 Å². The van der Waals surface area contributed by atoms with E-state index in [2.05, 4.69) is 36.1 Å². The Balaban J connectivity index is 2.68. The lowest BCUT2D eigenvalue weighted by Gasteiger charge is -2.19. The second kappa shape index (κ2) is 3.48. The number of fused-ring (bicyclic) bond motifs is 1. The number of anilines is 1. The molecule has 88 valence electrons. The fraction of sp³-hybridized carbons (Fsp3) is 0.600. The first kappa shape index (κ1) is 10.9. The van der Waals surface area contributed by atoms with Crippen molar-refractivity contribution in [2.45, 2.75) is 32.9 Å². The van der Waals surface area contributed by atoms with E-state index < -0.39 is 0 Å². The fourth-order valence-corrected chi connectivity index (χ4v) is 1.71. The van der Waals surface area contributed by atoms with Crippen molar-refractivity contribution in [3.63, 3.8) is 0 Å². The van der Waals surface area contributed by atoms with Crippen molar-refractivity contribution < 1.29 is 4.74 Å². The molecule has 0 amide bonds. The Morgan fingerprint density at radius 1 is 1.44 bits per heavy atom. The van der Waals surface area contributed by atoms with Gasteiger partial charge in [0.1, 0.15) is 11.5 Å². The number of ether oxygens (including phenoxy) is 1. The van der Waals surface area contributed by atoms with E-state index in [1.54, 1.807) is 7.11 Å². The summed E-state index contributed by atoms with van der Waals surface area (Å²) in [6.07, 6.45) is 0. The number of nitrogens with two attached hydrogens (primary N) is 1. The molecular weight excluding hydrogens is 206 g/mol. The summed E-state index contributed by atoms with van der Waals surface area (Å²) in [4.78, 5) is 0. The Labute approximate surface area is 93.8 Å². The minimum absolute atomic E-state index is 0.133. The molecule has 0 aliphatic carbocycles. The van der Waals surface area contributed by atoms with Gasteiger partial charge in [-0.1, -0.05) is 0 Å². The Hall–Kier alpha value is -1.56. The topological polar surface area (TPSA) is 81.8 Å². The quantitative estimate of drug-likeness (QED) is 0.802. The Morgan fingerprint density at radius 2 is 2.12 bits per heavy atom. The van der Waals surface area contributed by atoms with Crippen molar-refractivity contribution in [1.29, 1.82) is 0 Å². The van der Waals surface area contributed by atoms with Crippen molar-refractivity contribution in [3.05, 3.63) is 5.69 Å². The van der Waals surface area contributed by atoms with Crippen LogP contribution in [0.2, 0.25) is 0 Å². The summed E-state index contributed by atoms with van der Waals surface area (Å²) in [7, 11) is 1.64. The number of rotatable bonds is 2. The molecule has 0 saturated heterocycles. The highest BCUT2D eigenvalue weighted by Gasteiger charge is 2.23. The van der Waals surface area contributed by atoms with Gasteiger partial charge in [-0.15, -0.1) is 0 Å². The third kappa shape index (κ3) is 1.55. The lowest BCUT2D eigenvalue weighted by molar-refractivity contribution is 0.180. The predicted octanol–water partition coefficient (Wildman–Crippen LogP) is 1.24. The second-order valence-corrected chi connectivity index (χ2v) is 4.80. The maximum Gasteiger partial charge on any atom is 0.182 e. The van der Waals surface area contributed by atoms with Gasteiger partial charge in [-0.25, -0.2) is 4.68 Å². The standard InChI is InChI=1S/C10H17N5O/c1-10(2,3)15-9-7(8(11)12-13-9)6(14-15)5-16-4/h5H2,1-4H3,(H3,11,12,13). The summed E-state index contributed by atoms with van der Waals surface area (Å²) in [5, 5.41) is 12.3. The summed E-state index contributed by atoms with van der Waals surface area (Å²) in [5.74, 6) is 0.539. The number of aromatic amines is 1. The molecule has 2 aromatic heterocycles. The van der Waals surface area contributed by atoms with Gasteiger partial charge in [-0.2, -0.15) is 10.2 Å². The summed E-state index contributed by atoms with van der Waals surface area (Å²) < 4.78 is 6.98. The molecular formula is C10H17N5O. The average Bonchev–Trinajstić information content (AvgIpc) is 2.68. The summed E-state index contributed by atoms with van der Waals surface area (Å²) >= 11 is 0. The maximum atomic E-state index is 5.84. The highest BCUT2D eigenvalue weighted by molar-refractivity contribution is 5.89. The highest BCUT2D eigenvalue weighted by Crippen LogP contribution is 2.27. The lowest BCUT2D eigenvalue weighted by Crippen LogP contribution is -2.23. The van der Waals surface area contributed by atoms with Crippen LogP contribution in [0.15, 0.2) is 0 Å². The van der Waals surface area contributed by atoms with E-state index in [-0.39, 0.29) is 5.54 Å². The molecule has 0 aromatic carbocycles. The van der Waals surface area contributed by atoms with Crippen LogP contribution < -0.4 is 5.73 Å². The molecule has 0 fully saturated rings. The molecule has 0 aliphatic heterocycles. The van der Waals surface area contributed by atoms with E-state index in [1.165, 1.54) is 0 Å². The summed E-state index contributed by atoms with van der Waals surface area (Å²) in [6.45, 7) is 6.64. The molecule has 0 atom stereocenters. The zero-order chi connectivity index (χ0) is 11.9. The first-order valence-corrected chi connectivity index (χ1v) is 5.16. The van der Waals surface area contributed by atoms with Gasteiger partial charge < -0.3 is 10.5 Å². The molecule has 0 aliphatic rings. The van der Waals surface area contributed by atoms with E-state index in [9.17, 15) is 0 Å². The van der Waals surface area contributed by atoms with Crippen LogP contribution in [-0.2, 0) is 16.9 Å². The number of nitrogens with one attached hydrogen (secondary N) is 1. The number of H-pyrrole nitrogens is 1. The van der Waals surface area contributed by atoms with Crippen LogP contribution in [-0.4, -0.2) is 27.1 Å². The van der Waals surface area contributed by atoms with Crippen molar-refractivity contribution in [1.82, 2.24) is 20.0 Å². The number of nitrogens with zero attached hydrogens (tertiary/aromatic N) is 3. The molecule has 6 heteroatoms. The molecule has 0 unspecified atom stereocenters. The fourth-order valence-electron chi connectivity index (χ4n) is 1.71. The summed E-state index contributed by atoms with van der Waals surface area (Å²) in [5.41, 5.74) is 7.30. The smallest absolute Gasteiger partial charge is 0.182 e. The van der Waals surface area contributed by atoms with Gasteiger partial charge in [0.05, 0.1) is 17.5 Å². The first-order chi connectivity index (χ1) is 7.45. The van der Waals surface area contributed by atoms with Crippen LogP contribution >= 0.6 is 0 Å². The summed E-state index contributed by atoms with van der Waals surface area (Å²) in [6, 6.07) is 0. The lowest BCUT2D eigenvalue weighted by atomic mass is 10.1. The molecule has 3 N–H and O–H groups in total. The van der Waals surface area contributed by atoms with Gasteiger partial charge in [0.2, 0.25) is 0 Å². The minimum Gasteiger partial charge on any atom is -0.383 e. The van der Waals surface area contributed by atoms with Gasteiger partial charge in [-0.3, -0.25) is 5.10 Å². The predicted molar refractivity (Wildman–Crippen MR) is 62.0 cm³/mol. The van der Waals surface area contributed by atoms with E-state index in [0.29, 0.717) is 12.4 Å². The number of aromatic nitrogens is 4. The Kier molecular flexibility index (Phi) is 2.38. The van der Waals surface area contributed by atoms with Crippen molar-refractivity contribution >= 4 is 16.9 Å². The average molecular weight is 223 g/mol. The van der Waals surface area contributed by atoms with E-state index >= 15 is 0 Å². The van der Waals surface area contributed by atoms with Crippen LogP contribution in [0.25, 0.3) is 11.0 Å². The molecule has 0 saturated carbocycles. The van der Waals surface area contributed by atoms with Gasteiger partial charge in [0.25, 0.3) is 0 Å². The van der Waals surface area contributed by atoms with Crippen molar-refractivity contribution in [2.75, 3.05) is 12.8 Å². The van der Waals surface area contributed by atoms with Gasteiger partial charge in [0.15, 0.2) is 5.65 Å². The van der Waals surface area contributed by atoms with Crippen molar-refractivity contribution in [3.8, 4) is 0 Å². The molecule has 0 bridgehead atoms. The molecule has 16 heavy (non-hydrogen) atoms. The van der Waals surface area contributed by atoms with Crippen LogP contribution in [0.1, 0.15) is 26.5 Å². The Bertz CT molecular complexity index is 505. The molecule has 0 spiro atoms. The molecule has 2 aromatic rings. The molecule has 6 nitrogen and oxygen atoms in total. The van der Waals surface area contributed by atoms with Crippen LogP contribution in [0.5, 0.6) is 0 Å². The second-order valence-electron chi connectivity index (χ2n) is 4.80. The van der Waals surface area contributed by atoms with Crippen LogP contribution in [0.3, 0.4) is 0 Å². The SMILES string of the molecule is COCc1nn(C(C)(C)C)c2n[nH]c(N)c12. The first-order valence-electron chi connectivity index (χ1n) is 5.16. The maximum absolute atomic E-state index is 5.84. The van der Waals surface area contributed by atoms with E-state index in [0.717, 1.165) is 16.7 Å². The third-order valence-corrected chi connectivity index (χ3v) is 2.40. The Morgan fingerprint density at radius 3 is 2.69 bits per heavy atom. The highest BCUT2D eigenvalue weighted by atomic mass is 16.5.